The highest BCUT2D eigenvalue weighted by atomic mass is 16.6. The second-order valence-corrected chi connectivity index (χ2v) is 16.4. The van der Waals surface area contributed by atoms with Gasteiger partial charge in [-0.3, -0.25) is 14.4 Å². The van der Waals surface area contributed by atoms with E-state index in [1.54, 1.807) is 0 Å². The van der Waals surface area contributed by atoms with Crippen LogP contribution in [0.3, 0.4) is 0 Å². The minimum absolute atomic E-state index is 0.0731. The second kappa shape index (κ2) is 45.6. The van der Waals surface area contributed by atoms with Crippen LogP contribution in [-0.4, -0.2) is 37.2 Å². The van der Waals surface area contributed by atoms with Crippen molar-refractivity contribution in [2.45, 2.75) is 264 Å². The van der Waals surface area contributed by atoms with E-state index in [-0.39, 0.29) is 31.1 Å². The van der Waals surface area contributed by atoms with Gasteiger partial charge in [0.1, 0.15) is 13.2 Å². The molecule has 6 heteroatoms. The quantitative estimate of drug-likeness (QED) is 0.0265. The summed E-state index contributed by atoms with van der Waals surface area (Å²) in [5.41, 5.74) is 0. The first-order chi connectivity index (χ1) is 27.5. The third-order valence-corrected chi connectivity index (χ3v) is 10.7. The zero-order valence-electron chi connectivity index (χ0n) is 37.4. The Morgan fingerprint density at radius 1 is 0.339 bits per heavy atom. The van der Waals surface area contributed by atoms with Crippen LogP contribution >= 0.6 is 0 Å². The third-order valence-electron chi connectivity index (χ3n) is 10.7. The maximum atomic E-state index is 12.7. The smallest absolute Gasteiger partial charge is 0.306 e. The molecule has 0 heterocycles. The number of hydrogen-bond acceptors (Lipinski definition) is 6. The molecule has 6 nitrogen and oxygen atoms in total. The maximum absolute atomic E-state index is 12.7. The van der Waals surface area contributed by atoms with E-state index in [4.69, 9.17) is 14.2 Å². The monoisotopic (exact) mass is 789 g/mol. The molecule has 56 heavy (non-hydrogen) atoms. The van der Waals surface area contributed by atoms with Gasteiger partial charge < -0.3 is 14.2 Å². The average molecular weight is 789 g/mol. The van der Waals surface area contributed by atoms with Gasteiger partial charge >= 0.3 is 17.9 Å². The first-order valence-corrected chi connectivity index (χ1v) is 24.3. The van der Waals surface area contributed by atoms with E-state index in [2.05, 4.69) is 45.1 Å². The summed E-state index contributed by atoms with van der Waals surface area (Å²) < 4.78 is 16.7. The molecular formula is C50H92O6. The molecule has 0 saturated carbocycles. The zero-order chi connectivity index (χ0) is 40.8. The number of rotatable bonds is 44. The number of unbranched alkanes of at least 4 members (excludes halogenated alkanes) is 29. The molecule has 0 aliphatic carbocycles. The Morgan fingerprint density at radius 2 is 0.607 bits per heavy atom. The van der Waals surface area contributed by atoms with Crippen molar-refractivity contribution in [3.63, 3.8) is 0 Å². The lowest BCUT2D eigenvalue weighted by atomic mass is 10.1. The summed E-state index contributed by atoms with van der Waals surface area (Å²) >= 11 is 0. The fourth-order valence-corrected chi connectivity index (χ4v) is 6.95. The van der Waals surface area contributed by atoms with Gasteiger partial charge in [-0.25, -0.2) is 0 Å². The maximum Gasteiger partial charge on any atom is 0.306 e. The van der Waals surface area contributed by atoms with Gasteiger partial charge in [0, 0.05) is 19.3 Å². The largest absolute Gasteiger partial charge is 0.462 e. The molecule has 0 aromatic carbocycles. The predicted octanol–water partition coefficient (Wildman–Crippen LogP) is 15.6. The molecular weight excluding hydrogens is 697 g/mol. The van der Waals surface area contributed by atoms with E-state index in [1.165, 1.54) is 148 Å². The van der Waals surface area contributed by atoms with Crippen LogP contribution in [0.25, 0.3) is 0 Å². The molecule has 0 aromatic rings. The Morgan fingerprint density at radius 3 is 0.946 bits per heavy atom. The van der Waals surface area contributed by atoms with Crippen LogP contribution in [0.5, 0.6) is 0 Å². The van der Waals surface area contributed by atoms with E-state index in [1.807, 2.05) is 0 Å². The summed E-state index contributed by atoms with van der Waals surface area (Å²) in [4.78, 5) is 37.8. The lowest BCUT2D eigenvalue weighted by Crippen LogP contribution is -2.30. The summed E-state index contributed by atoms with van der Waals surface area (Å²) in [7, 11) is 0. The van der Waals surface area contributed by atoms with Crippen LogP contribution in [0.1, 0.15) is 258 Å². The molecule has 0 radical (unpaired) electrons. The first kappa shape index (κ1) is 53.9. The Labute approximate surface area is 347 Å². The van der Waals surface area contributed by atoms with Crippen LogP contribution in [0.2, 0.25) is 0 Å². The highest BCUT2D eigenvalue weighted by Crippen LogP contribution is 2.15. The summed E-state index contributed by atoms with van der Waals surface area (Å²) in [6, 6.07) is 0. The molecule has 328 valence electrons. The third kappa shape index (κ3) is 43.0. The standard InChI is InChI=1S/C50H92O6/c1-4-7-10-13-16-19-22-23-24-25-26-27-29-31-34-37-40-43-49(52)55-46-47(45-54-48(51)42-39-36-33-30-21-18-15-12-9-6-3)56-50(53)44-41-38-35-32-28-20-17-14-11-8-5-2/h14,17,23-24,47H,4-13,15-16,18-22,25-46H2,1-3H3/b17-14-,24-23-. The molecule has 1 unspecified atom stereocenters. The molecule has 0 aliphatic rings. The van der Waals surface area contributed by atoms with Gasteiger partial charge in [0.15, 0.2) is 6.10 Å². The Bertz CT molecular complexity index is 911. The summed E-state index contributed by atoms with van der Waals surface area (Å²) in [6.07, 6.45) is 50.2. The van der Waals surface area contributed by atoms with Crippen molar-refractivity contribution in [2.75, 3.05) is 13.2 Å². The van der Waals surface area contributed by atoms with Gasteiger partial charge in [-0.15, -0.1) is 0 Å². The van der Waals surface area contributed by atoms with E-state index in [0.29, 0.717) is 19.3 Å². The zero-order valence-corrected chi connectivity index (χ0v) is 37.4. The van der Waals surface area contributed by atoms with Crippen molar-refractivity contribution in [1.82, 2.24) is 0 Å². The van der Waals surface area contributed by atoms with Crippen molar-refractivity contribution in [3.8, 4) is 0 Å². The second-order valence-electron chi connectivity index (χ2n) is 16.4. The SMILES string of the molecule is CCCC/C=C\CCCCCCCC(=O)OC(COC(=O)CCCCCCCCC/C=C\CCCCCCCC)COC(=O)CCCCCCCCCCCC. The molecule has 0 N–H and O–H groups in total. The van der Waals surface area contributed by atoms with Crippen molar-refractivity contribution in [3.05, 3.63) is 24.3 Å². The van der Waals surface area contributed by atoms with Crippen molar-refractivity contribution >= 4 is 17.9 Å². The van der Waals surface area contributed by atoms with E-state index in [9.17, 15) is 14.4 Å². The van der Waals surface area contributed by atoms with Crippen molar-refractivity contribution in [1.29, 1.82) is 0 Å². The van der Waals surface area contributed by atoms with Gasteiger partial charge in [-0.1, -0.05) is 199 Å². The number of ether oxygens (including phenoxy) is 3. The van der Waals surface area contributed by atoms with Crippen molar-refractivity contribution in [2.24, 2.45) is 0 Å². The molecule has 1 atom stereocenters. The lowest BCUT2D eigenvalue weighted by Gasteiger charge is -2.18. The van der Waals surface area contributed by atoms with Gasteiger partial charge in [0.2, 0.25) is 0 Å². The van der Waals surface area contributed by atoms with Crippen LogP contribution in [0.15, 0.2) is 24.3 Å². The normalized spacial score (nSPS) is 12.1. The van der Waals surface area contributed by atoms with E-state index in [0.717, 1.165) is 70.6 Å². The summed E-state index contributed by atoms with van der Waals surface area (Å²) in [5.74, 6) is -0.882. The number of esters is 3. The fraction of sp³-hybridized carbons (Fsp3) is 0.860. The van der Waals surface area contributed by atoms with E-state index < -0.39 is 6.10 Å². The summed E-state index contributed by atoms with van der Waals surface area (Å²) in [6.45, 7) is 6.58. The van der Waals surface area contributed by atoms with Crippen LogP contribution in [-0.2, 0) is 28.6 Å². The number of hydrogen-bond donors (Lipinski definition) is 0. The Balaban J connectivity index is 4.30. The topological polar surface area (TPSA) is 78.9 Å². The van der Waals surface area contributed by atoms with Gasteiger partial charge in [-0.05, 0) is 64.2 Å². The molecule has 0 bridgehead atoms. The average Bonchev–Trinajstić information content (AvgIpc) is 3.19. The molecule has 0 amide bonds. The van der Waals surface area contributed by atoms with E-state index >= 15 is 0 Å². The minimum atomic E-state index is -0.770. The first-order valence-electron chi connectivity index (χ1n) is 24.3. The molecule has 0 saturated heterocycles. The van der Waals surface area contributed by atoms with Gasteiger partial charge in [0.05, 0.1) is 0 Å². The number of allylic oxidation sites excluding steroid dienone is 4. The molecule has 0 fully saturated rings. The van der Waals surface area contributed by atoms with Crippen LogP contribution < -0.4 is 0 Å². The van der Waals surface area contributed by atoms with Crippen molar-refractivity contribution < 1.29 is 28.6 Å². The Kier molecular flexibility index (Phi) is 43.9. The fourth-order valence-electron chi connectivity index (χ4n) is 6.95. The van der Waals surface area contributed by atoms with Crippen LogP contribution in [0.4, 0.5) is 0 Å². The number of carbonyl (C=O) groups is 3. The summed E-state index contributed by atoms with van der Waals surface area (Å²) in [5, 5.41) is 0. The van der Waals surface area contributed by atoms with Gasteiger partial charge in [0.25, 0.3) is 0 Å². The highest BCUT2D eigenvalue weighted by Gasteiger charge is 2.19. The number of carbonyl (C=O) groups excluding carboxylic acids is 3. The molecule has 0 aliphatic heterocycles. The Hall–Kier alpha value is -2.11. The lowest BCUT2D eigenvalue weighted by molar-refractivity contribution is -0.167. The van der Waals surface area contributed by atoms with Crippen LogP contribution in [0, 0.1) is 0 Å². The molecule has 0 aromatic heterocycles. The predicted molar refractivity (Wildman–Crippen MR) is 238 cm³/mol. The van der Waals surface area contributed by atoms with Gasteiger partial charge in [-0.2, -0.15) is 0 Å². The minimum Gasteiger partial charge on any atom is -0.462 e. The highest BCUT2D eigenvalue weighted by molar-refractivity contribution is 5.71. The molecule has 0 rings (SSSR count). The molecule has 0 spiro atoms.